The summed E-state index contributed by atoms with van der Waals surface area (Å²) in [6.07, 6.45) is 3.54. The minimum atomic E-state index is -0.116. The van der Waals surface area contributed by atoms with E-state index in [9.17, 15) is 4.79 Å². The Morgan fingerprint density at radius 2 is 2.35 bits per heavy atom. The van der Waals surface area contributed by atoms with Gasteiger partial charge >= 0.3 is 5.97 Å². The van der Waals surface area contributed by atoms with Crippen LogP contribution in [0.1, 0.15) is 25.6 Å². The number of esters is 1. The molecule has 0 spiro atoms. The lowest BCUT2D eigenvalue weighted by Gasteiger charge is -2.32. The van der Waals surface area contributed by atoms with Crippen LogP contribution < -0.4 is 4.90 Å². The van der Waals surface area contributed by atoms with E-state index in [1.54, 1.807) is 13.1 Å². The van der Waals surface area contributed by atoms with Crippen molar-refractivity contribution in [3.63, 3.8) is 0 Å². The lowest BCUT2D eigenvalue weighted by molar-refractivity contribution is -0.148. The molecular formula is C16H20N4O3. The molecule has 1 aliphatic heterocycles. The van der Waals surface area contributed by atoms with Crippen LogP contribution in [0, 0.1) is 12.8 Å². The predicted octanol–water partition coefficient (Wildman–Crippen LogP) is 2.22. The van der Waals surface area contributed by atoms with Gasteiger partial charge in [-0.05, 0) is 38.8 Å². The zero-order chi connectivity index (χ0) is 16.2. The molecule has 0 amide bonds. The van der Waals surface area contributed by atoms with Crippen molar-refractivity contribution in [2.24, 2.45) is 5.92 Å². The molecule has 1 saturated heterocycles. The highest BCUT2D eigenvalue weighted by atomic mass is 16.5. The Balaban J connectivity index is 1.70. The van der Waals surface area contributed by atoms with E-state index in [4.69, 9.17) is 9.26 Å². The Hall–Kier alpha value is -2.44. The third-order valence-corrected chi connectivity index (χ3v) is 3.89. The normalized spacial score (nSPS) is 18.0. The van der Waals surface area contributed by atoms with Crippen LogP contribution in [0.3, 0.4) is 0 Å². The summed E-state index contributed by atoms with van der Waals surface area (Å²) < 4.78 is 10.3. The van der Waals surface area contributed by atoms with E-state index >= 15 is 0 Å². The fraction of sp³-hybridized carbons (Fsp3) is 0.500. The molecule has 1 fully saturated rings. The lowest BCUT2D eigenvalue weighted by atomic mass is 9.98. The van der Waals surface area contributed by atoms with Gasteiger partial charge in [-0.2, -0.15) is 4.98 Å². The monoisotopic (exact) mass is 316 g/mol. The van der Waals surface area contributed by atoms with Crippen LogP contribution in [0.25, 0.3) is 11.5 Å². The van der Waals surface area contributed by atoms with Crippen molar-refractivity contribution in [1.29, 1.82) is 0 Å². The number of piperidine rings is 1. The SMILES string of the molecule is CCOC(=O)[C@H]1CCCN(c2ccc(-c3nc(C)no3)cn2)C1. The Bertz CT molecular complexity index is 668. The van der Waals surface area contributed by atoms with Crippen molar-refractivity contribution >= 4 is 11.8 Å². The van der Waals surface area contributed by atoms with Crippen LogP contribution in [-0.2, 0) is 9.53 Å². The molecule has 1 atom stereocenters. The molecule has 0 unspecified atom stereocenters. The zero-order valence-electron chi connectivity index (χ0n) is 13.4. The average Bonchev–Trinajstić information content (AvgIpc) is 3.02. The molecule has 0 N–H and O–H groups in total. The second kappa shape index (κ2) is 6.76. The zero-order valence-corrected chi connectivity index (χ0v) is 13.4. The van der Waals surface area contributed by atoms with Crippen LogP contribution in [0.15, 0.2) is 22.9 Å². The van der Waals surface area contributed by atoms with Gasteiger partial charge in [-0.15, -0.1) is 0 Å². The van der Waals surface area contributed by atoms with E-state index in [1.807, 2.05) is 19.1 Å². The molecule has 3 rings (SSSR count). The maximum absolute atomic E-state index is 11.9. The van der Waals surface area contributed by atoms with Gasteiger partial charge in [0.25, 0.3) is 5.89 Å². The molecule has 7 heteroatoms. The largest absolute Gasteiger partial charge is 0.466 e. The number of aromatic nitrogens is 3. The molecule has 0 radical (unpaired) electrons. The van der Waals surface area contributed by atoms with Crippen molar-refractivity contribution in [3.8, 4) is 11.5 Å². The number of ether oxygens (including phenoxy) is 1. The first-order valence-corrected chi connectivity index (χ1v) is 7.85. The molecule has 0 aromatic carbocycles. The van der Waals surface area contributed by atoms with Gasteiger partial charge in [-0.3, -0.25) is 4.79 Å². The highest BCUT2D eigenvalue weighted by Gasteiger charge is 2.27. The summed E-state index contributed by atoms with van der Waals surface area (Å²) in [7, 11) is 0. The lowest BCUT2D eigenvalue weighted by Crippen LogP contribution is -2.39. The third-order valence-electron chi connectivity index (χ3n) is 3.89. The van der Waals surface area contributed by atoms with Crippen LogP contribution in [0.4, 0.5) is 5.82 Å². The summed E-state index contributed by atoms with van der Waals surface area (Å²) in [6.45, 7) is 5.56. The summed E-state index contributed by atoms with van der Waals surface area (Å²) >= 11 is 0. The smallest absolute Gasteiger partial charge is 0.310 e. The molecular weight excluding hydrogens is 296 g/mol. The van der Waals surface area contributed by atoms with E-state index in [2.05, 4.69) is 20.0 Å². The number of carbonyl (C=O) groups is 1. The number of anilines is 1. The molecule has 1 aliphatic rings. The number of carbonyl (C=O) groups excluding carboxylic acids is 1. The number of rotatable bonds is 4. The van der Waals surface area contributed by atoms with Gasteiger partial charge in [0, 0.05) is 19.3 Å². The summed E-state index contributed by atoms with van der Waals surface area (Å²) in [5, 5.41) is 3.78. The minimum absolute atomic E-state index is 0.0798. The van der Waals surface area contributed by atoms with Gasteiger partial charge in [0.2, 0.25) is 0 Å². The van der Waals surface area contributed by atoms with Crippen LogP contribution in [-0.4, -0.2) is 40.8 Å². The van der Waals surface area contributed by atoms with E-state index in [1.165, 1.54) is 0 Å². The van der Waals surface area contributed by atoms with Crippen molar-refractivity contribution < 1.29 is 14.1 Å². The Labute approximate surface area is 134 Å². The quantitative estimate of drug-likeness (QED) is 0.800. The number of pyridine rings is 1. The van der Waals surface area contributed by atoms with E-state index < -0.39 is 0 Å². The maximum Gasteiger partial charge on any atom is 0.310 e. The first-order valence-electron chi connectivity index (χ1n) is 7.85. The number of aryl methyl sites for hydroxylation is 1. The molecule has 0 saturated carbocycles. The molecule has 2 aromatic rings. The van der Waals surface area contributed by atoms with Gasteiger partial charge < -0.3 is 14.2 Å². The highest BCUT2D eigenvalue weighted by Crippen LogP contribution is 2.24. The van der Waals surface area contributed by atoms with Gasteiger partial charge in [0.1, 0.15) is 5.82 Å². The molecule has 7 nitrogen and oxygen atoms in total. The summed E-state index contributed by atoms with van der Waals surface area (Å²) in [6, 6.07) is 3.83. The van der Waals surface area contributed by atoms with Crippen LogP contribution in [0.2, 0.25) is 0 Å². The van der Waals surface area contributed by atoms with Crippen molar-refractivity contribution in [1.82, 2.24) is 15.1 Å². The molecule has 2 aromatic heterocycles. The Morgan fingerprint density at radius 3 is 3.00 bits per heavy atom. The van der Waals surface area contributed by atoms with Gasteiger partial charge in [-0.1, -0.05) is 5.16 Å². The second-order valence-corrected chi connectivity index (χ2v) is 5.59. The first kappa shape index (κ1) is 15.5. The molecule has 122 valence electrons. The van der Waals surface area contributed by atoms with Crippen molar-refractivity contribution in [2.75, 3.05) is 24.6 Å². The fourth-order valence-electron chi connectivity index (χ4n) is 2.75. The second-order valence-electron chi connectivity index (χ2n) is 5.59. The predicted molar refractivity (Wildman–Crippen MR) is 83.8 cm³/mol. The highest BCUT2D eigenvalue weighted by molar-refractivity contribution is 5.73. The van der Waals surface area contributed by atoms with Crippen molar-refractivity contribution in [2.45, 2.75) is 26.7 Å². The van der Waals surface area contributed by atoms with E-state index in [-0.39, 0.29) is 11.9 Å². The van der Waals surface area contributed by atoms with Gasteiger partial charge in [0.15, 0.2) is 5.82 Å². The minimum Gasteiger partial charge on any atom is -0.466 e. The number of hydrogen-bond donors (Lipinski definition) is 0. The average molecular weight is 316 g/mol. The first-order chi connectivity index (χ1) is 11.2. The van der Waals surface area contributed by atoms with Crippen molar-refractivity contribution in [3.05, 3.63) is 24.2 Å². The maximum atomic E-state index is 11.9. The molecule has 3 heterocycles. The molecule has 23 heavy (non-hydrogen) atoms. The number of hydrogen-bond acceptors (Lipinski definition) is 7. The topological polar surface area (TPSA) is 81.4 Å². The molecule has 0 bridgehead atoms. The van der Waals surface area contributed by atoms with E-state index in [0.717, 1.165) is 30.8 Å². The fourth-order valence-corrected chi connectivity index (χ4v) is 2.75. The summed E-state index contributed by atoms with van der Waals surface area (Å²) in [4.78, 5) is 22.7. The molecule has 0 aliphatic carbocycles. The van der Waals surface area contributed by atoms with Crippen LogP contribution >= 0.6 is 0 Å². The number of nitrogens with zero attached hydrogens (tertiary/aromatic N) is 4. The standard InChI is InChI=1S/C16H20N4O3/c1-3-22-16(21)13-5-4-8-20(10-13)14-7-6-12(9-17-14)15-18-11(2)19-23-15/h6-7,9,13H,3-5,8,10H2,1-2H3/t13-/m0/s1. The van der Waals surface area contributed by atoms with Gasteiger partial charge in [-0.25, -0.2) is 4.98 Å². The Morgan fingerprint density at radius 1 is 1.48 bits per heavy atom. The van der Waals surface area contributed by atoms with Crippen LogP contribution in [0.5, 0.6) is 0 Å². The van der Waals surface area contributed by atoms with Gasteiger partial charge in [0.05, 0.1) is 18.1 Å². The summed E-state index contributed by atoms with van der Waals surface area (Å²) in [5.74, 6) is 1.71. The third kappa shape index (κ3) is 3.49. The summed E-state index contributed by atoms with van der Waals surface area (Å²) in [5.41, 5.74) is 0.785. The Kier molecular flexibility index (Phi) is 4.55. The van der Waals surface area contributed by atoms with E-state index in [0.29, 0.717) is 24.9 Å².